The van der Waals surface area contributed by atoms with Crippen LogP contribution < -0.4 is 0 Å². The zero-order valence-corrected chi connectivity index (χ0v) is 8.14. The molecular weight excluding hydrogens is 180 g/mol. The van der Waals surface area contributed by atoms with Crippen molar-refractivity contribution in [2.45, 2.75) is 6.42 Å². The summed E-state index contributed by atoms with van der Waals surface area (Å²) in [7, 11) is 0. The van der Waals surface area contributed by atoms with Gasteiger partial charge in [-0.2, -0.15) is 0 Å². The molecule has 1 heteroatoms. The Labute approximate surface area is 84.2 Å². The number of halogens is 1. The van der Waals surface area contributed by atoms with E-state index < -0.39 is 0 Å². The first-order valence-corrected chi connectivity index (χ1v) is 4.67. The summed E-state index contributed by atoms with van der Waals surface area (Å²) in [5, 5.41) is 0. The first-order valence-electron chi connectivity index (χ1n) is 4.14. The summed E-state index contributed by atoms with van der Waals surface area (Å²) in [5.41, 5.74) is 1.93. The standard InChI is InChI=1S/C12H11Cl/c1-11(7-5-6-10-13)12-8-3-2-4-9-12/h2-4,8-9H,1,6,10H2. The molecule has 0 bridgehead atoms. The summed E-state index contributed by atoms with van der Waals surface area (Å²) in [6, 6.07) is 9.92. The molecule has 0 N–H and O–H groups in total. The van der Waals surface area contributed by atoms with Gasteiger partial charge in [0.05, 0.1) is 0 Å². The number of rotatable bonds is 2. The molecular formula is C12H11Cl. The highest BCUT2D eigenvalue weighted by Gasteiger charge is 1.91. The highest BCUT2D eigenvalue weighted by atomic mass is 35.5. The monoisotopic (exact) mass is 190 g/mol. The van der Waals surface area contributed by atoms with E-state index in [-0.39, 0.29) is 0 Å². The lowest BCUT2D eigenvalue weighted by Crippen LogP contribution is -1.77. The van der Waals surface area contributed by atoms with E-state index in [1.54, 1.807) is 0 Å². The number of hydrogen-bond acceptors (Lipinski definition) is 0. The van der Waals surface area contributed by atoms with Crippen LogP contribution in [0.2, 0.25) is 0 Å². The molecule has 0 aliphatic carbocycles. The third-order valence-electron chi connectivity index (χ3n) is 1.58. The molecule has 0 spiro atoms. The first-order chi connectivity index (χ1) is 6.34. The lowest BCUT2D eigenvalue weighted by Gasteiger charge is -1.95. The summed E-state index contributed by atoms with van der Waals surface area (Å²) < 4.78 is 0. The van der Waals surface area contributed by atoms with E-state index >= 15 is 0 Å². The topological polar surface area (TPSA) is 0 Å². The zero-order chi connectivity index (χ0) is 9.52. The van der Waals surface area contributed by atoms with E-state index in [0.717, 1.165) is 11.1 Å². The highest BCUT2D eigenvalue weighted by molar-refractivity contribution is 6.18. The van der Waals surface area contributed by atoms with E-state index in [4.69, 9.17) is 11.6 Å². The normalized spacial score (nSPS) is 8.69. The van der Waals surface area contributed by atoms with Crippen molar-refractivity contribution in [2.24, 2.45) is 0 Å². The Bertz CT molecular complexity index is 327. The second-order valence-corrected chi connectivity index (χ2v) is 2.96. The maximum Gasteiger partial charge on any atom is 0.0333 e. The van der Waals surface area contributed by atoms with Crippen LogP contribution in [0.25, 0.3) is 5.57 Å². The minimum atomic E-state index is 0.578. The molecule has 13 heavy (non-hydrogen) atoms. The molecule has 0 unspecified atom stereocenters. The predicted octanol–water partition coefficient (Wildman–Crippen LogP) is 3.33. The van der Waals surface area contributed by atoms with Crippen LogP contribution in [0.1, 0.15) is 12.0 Å². The van der Waals surface area contributed by atoms with Crippen molar-refractivity contribution >= 4 is 17.2 Å². The third-order valence-corrected chi connectivity index (χ3v) is 1.77. The van der Waals surface area contributed by atoms with E-state index in [2.05, 4.69) is 18.4 Å². The number of hydrogen-bond donors (Lipinski definition) is 0. The smallest absolute Gasteiger partial charge is 0.0333 e. The Hall–Kier alpha value is -1.19. The number of allylic oxidation sites excluding steroid dienone is 1. The van der Waals surface area contributed by atoms with Gasteiger partial charge in [0.25, 0.3) is 0 Å². The van der Waals surface area contributed by atoms with E-state index in [1.807, 2.05) is 30.3 Å². The molecule has 0 aliphatic heterocycles. The summed E-state index contributed by atoms with van der Waals surface area (Å²) in [6.45, 7) is 3.88. The van der Waals surface area contributed by atoms with E-state index in [0.29, 0.717) is 12.3 Å². The van der Waals surface area contributed by atoms with Crippen molar-refractivity contribution in [3.8, 4) is 11.8 Å². The molecule has 0 aromatic heterocycles. The van der Waals surface area contributed by atoms with Gasteiger partial charge in [0, 0.05) is 17.9 Å². The molecule has 66 valence electrons. The maximum absolute atomic E-state index is 5.50. The van der Waals surface area contributed by atoms with Gasteiger partial charge >= 0.3 is 0 Å². The third kappa shape index (κ3) is 3.36. The Morgan fingerprint density at radius 1 is 1.31 bits per heavy atom. The minimum absolute atomic E-state index is 0.578. The second-order valence-electron chi connectivity index (χ2n) is 2.59. The van der Waals surface area contributed by atoms with Gasteiger partial charge < -0.3 is 0 Å². The van der Waals surface area contributed by atoms with Crippen molar-refractivity contribution in [2.75, 3.05) is 5.88 Å². The fourth-order valence-electron chi connectivity index (χ4n) is 0.928. The second kappa shape index (κ2) is 5.45. The fourth-order valence-corrected chi connectivity index (χ4v) is 1.02. The van der Waals surface area contributed by atoms with Crippen molar-refractivity contribution < 1.29 is 0 Å². The van der Waals surface area contributed by atoms with Crippen LogP contribution in [-0.4, -0.2) is 5.88 Å². The van der Waals surface area contributed by atoms with Gasteiger partial charge in [-0.15, -0.1) is 11.6 Å². The zero-order valence-electron chi connectivity index (χ0n) is 7.39. The quantitative estimate of drug-likeness (QED) is 0.496. The summed E-state index contributed by atoms with van der Waals surface area (Å²) in [4.78, 5) is 0. The van der Waals surface area contributed by atoms with Crippen molar-refractivity contribution in [3.63, 3.8) is 0 Å². The lowest BCUT2D eigenvalue weighted by molar-refractivity contribution is 1.29. The van der Waals surface area contributed by atoms with Crippen molar-refractivity contribution in [1.82, 2.24) is 0 Å². The largest absolute Gasteiger partial charge is 0.126 e. The van der Waals surface area contributed by atoms with Crippen LogP contribution >= 0.6 is 11.6 Å². The lowest BCUT2D eigenvalue weighted by atomic mass is 10.1. The van der Waals surface area contributed by atoms with Gasteiger partial charge in [-0.05, 0) is 5.56 Å². The molecule has 0 atom stereocenters. The Kier molecular flexibility index (Phi) is 4.15. The summed E-state index contributed by atoms with van der Waals surface area (Å²) in [6.07, 6.45) is 0.716. The molecule has 0 heterocycles. The molecule has 0 saturated heterocycles. The van der Waals surface area contributed by atoms with Crippen molar-refractivity contribution in [3.05, 3.63) is 42.5 Å². The van der Waals surface area contributed by atoms with Crippen LogP contribution in [0.4, 0.5) is 0 Å². The SMILES string of the molecule is C=C(C#CCCCl)c1ccccc1. The number of benzene rings is 1. The van der Waals surface area contributed by atoms with Gasteiger partial charge in [-0.1, -0.05) is 48.8 Å². The Morgan fingerprint density at radius 3 is 2.62 bits per heavy atom. The van der Waals surface area contributed by atoms with Gasteiger partial charge in [0.1, 0.15) is 0 Å². The minimum Gasteiger partial charge on any atom is -0.126 e. The predicted molar refractivity (Wildman–Crippen MR) is 58.6 cm³/mol. The average molecular weight is 191 g/mol. The van der Waals surface area contributed by atoms with Gasteiger partial charge in [-0.3, -0.25) is 0 Å². The van der Waals surface area contributed by atoms with E-state index in [1.165, 1.54) is 0 Å². The van der Waals surface area contributed by atoms with Gasteiger partial charge in [0.2, 0.25) is 0 Å². The molecule has 1 aromatic carbocycles. The number of alkyl halides is 1. The van der Waals surface area contributed by atoms with Gasteiger partial charge in [-0.25, -0.2) is 0 Å². The highest BCUT2D eigenvalue weighted by Crippen LogP contribution is 2.09. The van der Waals surface area contributed by atoms with E-state index in [9.17, 15) is 0 Å². The van der Waals surface area contributed by atoms with Crippen LogP contribution in [0, 0.1) is 11.8 Å². The molecule has 0 fully saturated rings. The average Bonchev–Trinajstić information content (AvgIpc) is 2.19. The van der Waals surface area contributed by atoms with Crippen molar-refractivity contribution in [1.29, 1.82) is 0 Å². The first kappa shape index (κ1) is 9.89. The molecule has 0 saturated carbocycles. The molecule has 1 aromatic rings. The fraction of sp³-hybridized carbons (Fsp3) is 0.167. The summed E-state index contributed by atoms with van der Waals surface area (Å²) in [5.74, 6) is 6.50. The van der Waals surface area contributed by atoms with Crippen LogP contribution in [-0.2, 0) is 0 Å². The molecule has 0 aliphatic rings. The van der Waals surface area contributed by atoms with Gasteiger partial charge in [0.15, 0.2) is 0 Å². The van der Waals surface area contributed by atoms with Crippen LogP contribution in [0.5, 0.6) is 0 Å². The maximum atomic E-state index is 5.50. The Morgan fingerprint density at radius 2 is 2.00 bits per heavy atom. The summed E-state index contributed by atoms with van der Waals surface area (Å²) >= 11 is 5.50. The molecule has 0 nitrogen and oxygen atoms in total. The Balaban J connectivity index is 2.66. The molecule has 0 amide bonds. The molecule has 0 radical (unpaired) electrons. The molecule has 1 rings (SSSR count). The van der Waals surface area contributed by atoms with Crippen LogP contribution in [0.3, 0.4) is 0 Å². The van der Waals surface area contributed by atoms with Crippen LogP contribution in [0.15, 0.2) is 36.9 Å².